The van der Waals surface area contributed by atoms with Crippen molar-refractivity contribution in [2.45, 2.75) is 6.42 Å². The fourth-order valence-corrected chi connectivity index (χ4v) is 1.52. The third-order valence-electron chi connectivity index (χ3n) is 2.09. The molecule has 2 rings (SSSR count). The number of piperidine rings is 1. The lowest BCUT2D eigenvalue weighted by Crippen LogP contribution is -2.28. The highest BCUT2D eigenvalue weighted by molar-refractivity contribution is 5.29. The fourth-order valence-electron chi connectivity index (χ4n) is 1.52. The molecule has 2 aliphatic rings. The molecule has 1 heteroatoms. The Hall–Kier alpha value is -0.560. The minimum Gasteiger partial charge on any atom is -0.313 e. The average molecular weight is 121 g/mol. The minimum absolute atomic E-state index is 0.784. The molecule has 0 radical (unpaired) electrons. The van der Waals surface area contributed by atoms with Crippen LogP contribution in [0.4, 0.5) is 0 Å². The molecule has 1 atom stereocenters. The highest BCUT2D eigenvalue weighted by Crippen LogP contribution is 2.23. The summed E-state index contributed by atoms with van der Waals surface area (Å²) in [5.74, 6) is 0.784. The van der Waals surface area contributed by atoms with Crippen LogP contribution >= 0.6 is 0 Å². The molecule has 9 heavy (non-hydrogen) atoms. The molecule has 0 aromatic rings. The number of fused-ring (bicyclic) bond motifs is 1. The summed E-state index contributed by atoms with van der Waals surface area (Å²) in [7, 11) is 0. The third-order valence-corrected chi connectivity index (χ3v) is 2.09. The van der Waals surface area contributed by atoms with Gasteiger partial charge in [0.05, 0.1) is 0 Å². The Morgan fingerprint density at radius 1 is 1.56 bits per heavy atom. The monoisotopic (exact) mass is 121 g/mol. The van der Waals surface area contributed by atoms with E-state index in [4.69, 9.17) is 0 Å². The molecule has 1 unspecified atom stereocenters. The van der Waals surface area contributed by atoms with Crippen LogP contribution in [0.3, 0.4) is 0 Å². The predicted molar refractivity (Wildman–Crippen MR) is 38.2 cm³/mol. The Morgan fingerprint density at radius 2 is 2.56 bits per heavy atom. The normalized spacial score (nSPS) is 32.0. The van der Waals surface area contributed by atoms with Crippen LogP contribution in [0.5, 0.6) is 0 Å². The van der Waals surface area contributed by atoms with Gasteiger partial charge in [-0.3, -0.25) is 0 Å². The molecule has 0 aromatic heterocycles. The zero-order valence-electron chi connectivity index (χ0n) is 5.43. The van der Waals surface area contributed by atoms with Crippen molar-refractivity contribution in [1.29, 1.82) is 0 Å². The van der Waals surface area contributed by atoms with Gasteiger partial charge in [0.2, 0.25) is 0 Å². The summed E-state index contributed by atoms with van der Waals surface area (Å²) in [5, 5.41) is 3.35. The quantitative estimate of drug-likeness (QED) is 0.506. The first kappa shape index (κ1) is 5.24. The van der Waals surface area contributed by atoms with E-state index in [2.05, 4.69) is 23.5 Å². The summed E-state index contributed by atoms with van der Waals surface area (Å²) < 4.78 is 0. The van der Waals surface area contributed by atoms with Crippen LogP contribution in [-0.4, -0.2) is 13.1 Å². The molecule has 1 N–H and O–H groups in total. The first-order chi connectivity index (χ1) is 4.47. The maximum absolute atomic E-state index is 3.35. The molecule has 1 nitrogen and oxygen atoms in total. The van der Waals surface area contributed by atoms with Gasteiger partial charge in [-0.15, -0.1) is 0 Å². The van der Waals surface area contributed by atoms with Gasteiger partial charge in [0, 0.05) is 12.5 Å². The van der Waals surface area contributed by atoms with Crippen molar-refractivity contribution in [3.63, 3.8) is 0 Å². The number of nitrogens with one attached hydrogen (secondary N) is 1. The van der Waals surface area contributed by atoms with Gasteiger partial charge in [-0.2, -0.15) is 0 Å². The van der Waals surface area contributed by atoms with Crippen LogP contribution < -0.4 is 5.32 Å². The van der Waals surface area contributed by atoms with Crippen molar-refractivity contribution in [3.05, 3.63) is 23.8 Å². The van der Waals surface area contributed by atoms with Crippen molar-refractivity contribution in [2.75, 3.05) is 13.1 Å². The van der Waals surface area contributed by atoms with Crippen LogP contribution in [-0.2, 0) is 0 Å². The van der Waals surface area contributed by atoms with E-state index in [-0.39, 0.29) is 0 Å². The molecule has 1 aliphatic carbocycles. The highest BCUT2D eigenvalue weighted by Gasteiger charge is 2.17. The third kappa shape index (κ3) is 0.815. The molecule has 0 saturated carbocycles. The zero-order valence-corrected chi connectivity index (χ0v) is 5.43. The van der Waals surface area contributed by atoms with E-state index < -0.39 is 0 Å². The van der Waals surface area contributed by atoms with Crippen molar-refractivity contribution in [2.24, 2.45) is 5.92 Å². The Kier molecular flexibility index (Phi) is 1.16. The SMILES string of the molecule is C1=CC2CCNCC2=C1. The number of hydrogen-bond donors (Lipinski definition) is 1. The molecule has 1 saturated heterocycles. The maximum atomic E-state index is 3.35. The van der Waals surface area contributed by atoms with Crippen molar-refractivity contribution in [3.8, 4) is 0 Å². The van der Waals surface area contributed by atoms with Gasteiger partial charge < -0.3 is 5.32 Å². The minimum atomic E-state index is 0.784. The Bertz CT molecular complexity index is 167. The van der Waals surface area contributed by atoms with E-state index in [0.29, 0.717) is 0 Å². The van der Waals surface area contributed by atoms with Gasteiger partial charge in [0.25, 0.3) is 0 Å². The van der Waals surface area contributed by atoms with Crippen LogP contribution in [0, 0.1) is 5.92 Å². The topological polar surface area (TPSA) is 12.0 Å². The first-order valence-corrected chi connectivity index (χ1v) is 3.55. The molecule has 1 heterocycles. The fraction of sp³-hybridized carbons (Fsp3) is 0.500. The van der Waals surface area contributed by atoms with Crippen LogP contribution in [0.15, 0.2) is 23.8 Å². The second-order valence-corrected chi connectivity index (χ2v) is 2.70. The summed E-state index contributed by atoms with van der Waals surface area (Å²) in [6.45, 7) is 2.30. The maximum Gasteiger partial charge on any atom is 0.0173 e. The molecule has 1 aliphatic heterocycles. The molecule has 0 amide bonds. The standard InChI is InChI=1S/C8H11N/c1-2-7-4-5-9-6-8(7)3-1/h1-3,7,9H,4-6H2. The van der Waals surface area contributed by atoms with Crippen molar-refractivity contribution < 1.29 is 0 Å². The summed E-state index contributed by atoms with van der Waals surface area (Å²) in [5.41, 5.74) is 1.57. The molecule has 48 valence electrons. The van der Waals surface area contributed by atoms with Gasteiger partial charge in [-0.1, -0.05) is 18.2 Å². The van der Waals surface area contributed by atoms with Crippen LogP contribution in [0.2, 0.25) is 0 Å². The van der Waals surface area contributed by atoms with Gasteiger partial charge in [0.15, 0.2) is 0 Å². The number of hydrogen-bond acceptors (Lipinski definition) is 1. The van der Waals surface area contributed by atoms with E-state index in [1.54, 1.807) is 5.57 Å². The van der Waals surface area contributed by atoms with Gasteiger partial charge in [0.1, 0.15) is 0 Å². The molecule has 0 spiro atoms. The van der Waals surface area contributed by atoms with Crippen molar-refractivity contribution >= 4 is 0 Å². The van der Waals surface area contributed by atoms with E-state index >= 15 is 0 Å². The van der Waals surface area contributed by atoms with Crippen LogP contribution in [0.25, 0.3) is 0 Å². The Balaban J connectivity index is 2.16. The summed E-state index contributed by atoms with van der Waals surface area (Å²) in [6.07, 6.45) is 8.00. The Morgan fingerprint density at radius 3 is 3.44 bits per heavy atom. The Labute approximate surface area is 55.5 Å². The average Bonchev–Trinajstić information content (AvgIpc) is 2.33. The summed E-state index contributed by atoms with van der Waals surface area (Å²) in [6, 6.07) is 0. The van der Waals surface area contributed by atoms with Gasteiger partial charge >= 0.3 is 0 Å². The number of rotatable bonds is 0. The lowest BCUT2D eigenvalue weighted by atomic mass is 9.96. The lowest BCUT2D eigenvalue weighted by Gasteiger charge is -2.20. The van der Waals surface area contributed by atoms with E-state index in [0.717, 1.165) is 12.5 Å². The molecular weight excluding hydrogens is 110 g/mol. The largest absolute Gasteiger partial charge is 0.313 e. The van der Waals surface area contributed by atoms with E-state index in [1.165, 1.54) is 13.0 Å². The second-order valence-electron chi connectivity index (χ2n) is 2.70. The van der Waals surface area contributed by atoms with Crippen LogP contribution in [0.1, 0.15) is 6.42 Å². The van der Waals surface area contributed by atoms with Gasteiger partial charge in [-0.25, -0.2) is 0 Å². The highest BCUT2D eigenvalue weighted by atomic mass is 14.9. The number of allylic oxidation sites excluding steroid dienone is 3. The summed E-state index contributed by atoms with van der Waals surface area (Å²) >= 11 is 0. The second kappa shape index (κ2) is 1.99. The first-order valence-electron chi connectivity index (χ1n) is 3.55. The molecular formula is C8H11N. The summed E-state index contributed by atoms with van der Waals surface area (Å²) in [4.78, 5) is 0. The molecule has 0 bridgehead atoms. The smallest absolute Gasteiger partial charge is 0.0173 e. The molecule has 1 fully saturated rings. The van der Waals surface area contributed by atoms with E-state index in [9.17, 15) is 0 Å². The van der Waals surface area contributed by atoms with Gasteiger partial charge in [-0.05, 0) is 18.5 Å². The predicted octanol–water partition coefficient (Wildman–Crippen LogP) is 1.09. The molecule has 0 aromatic carbocycles. The zero-order chi connectivity index (χ0) is 6.10. The lowest BCUT2D eigenvalue weighted by molar-refractivity contribution is 0.539. The van der Waals surface area contributed by atoms with E-state index in [1.807, 2.05) is 0 Å². The van der Waals surface area contributed by atoms with Crippen molar-refractivity contribution in [1.82, 2.24) is 5.32 Å².